The highest BCUT2D eigenvalue weighted by Crippen LogP contribution is 2.13. The molecule has 0 aliphatic carbocycles. The third kappa shape index (κ3) is 8.51. The molecule has 0 N–H and O–H groups in total. The van der Waals surface area contributed by atoms with Gasteiger partial charge < -0.3 is 4.90 Å². The smallest absolute Gasteiger partial charge is 0.0167 e. The van der Waals surface area contributed by atoms with E-state index in [1.54, 1.807) is 0 Å². The van der Waals surface area contributed by atoms with E-state index in [0.717, 1.165) is 12.5 Å². The summed E-state index contributed by atoms with van der Waals surface area (Å²) in [6, 6.07) is 10.6. The Kier molecular flexibility index (Phi) is 8.99. The maximum atomic E-state index is 2.65. The van der Waals surface area contributed by atoms with Crippen molar-refractivity contribution in [1.29, 1.82) is 0 Å². The highest BCUT2D eigenvalue weighted by molar-refractivity contribution is 5.48. The van der Waals surface area contributed by atoms with E-state index in [4.69, 9.17) is 0 Å². The monoisotopic (exact) mass is 340 g/mol. The molecule has 0 bridgehead atoms. The van der Waals surface area contributed by atoms with Gasteiger partial charge in [-0.15, -0.1) is 0 Å². The Bertz CT molecular complexity index is 520. The summed E-state index contributed by atoms with van der Waals surface area (Å²) >= 11 is 0. The minimum atomic E-state index is 0.836. The van der Waals surface area contributed by atoms with Crippen molar-refractivity contribution >= 4 is 6.08 Å². The normalized spacial score (nSPS) is 17.7. The number of allylic oxidation sites excluding steroid dienone is 2. The Morgan fingerprint density at radius 2 is 1.68 bits per heavy atom. The van der Waals surface area contributed by atoms with Crippen LogP contribution in [0.25, 0.3) is 6.08 Å². The first kappa shape index (κ1) is 19.9. The van der Waals surface area contributed by atoms with Crippen LogP contribution in [0.1, 0.15) is 45.6 Å². The number of hydrogen-bond donors (Lipinski definition) is 0. The first-order valence-corrected chi connectivity index (χ1v) is 9.93. The topological polar surface area (TPSA) is 6.48 Å². The average Bonchev–Trinajstić information content (AvgIpc) is 2.62. The van der Waals surface area contributed by atoms with Gasteiger partial charge in [0.25, 0.3) is 0 Å². The molecular weight excluding hydrogens is 304 g/mol. The van der Waals surface area contributed by atoms with E-state index < -0.39 is 0 Å². The van der Waals surface area contributed by atoms with Crippen LogP contribution < -0.4 is 0 Å². The summed E-state index contributed by atoms with van der Waals surface area (Å²) in [7, 11) is 0. The van der Waals surface area contributed by atoms with E-state index in [2.05, 4.69) is 79.1 Å². The van der Waals surface area contributed by atoms with Crippen LogP contribution in [0.5, 0.6) is 0 Å². The van der Waals surface area contributed by atoms with Crippen molar-refractivity contribution in [2.24, 2.45) is 5.92 Å². The van der Waals surface area contributed by atoms with Crippen LogP contribution in [0, 0.1) is 5.92 Å². The van der Waals surface area contributed by atoms with Crippen molar-refractivity contribution in [2.45, 2.75) is 40.0 Å². The molecule has 2 heteroatoms. The van der Waals surface area contributed by atoms with Gasteiger partial charge in [-0.05, 0) is 51.1 Å². The highest BCUT2D eigenvalue weighted by atomic mass is 15.3. The fourth-order valence-electron chi connectivity index (χ4n) is 3.30. The lowest BCUT2D eigenvalue weighted by Gasteiger charge is -2.34. The standard InChI is InChI=1S/C23H36N2/c1-21(2)9-7-10-22(3)14-16-25-19-17-24(18-20-25)15-8-13-23-11-5-4-6-12-23/h4-6,8-9,11-13,22H,7,10,14-20H2,1-3H3. The Hall–Kier alpha value is -1.38. The number of benzene rings is 1. The van der Waals surface area contributed by atoms with Crippen LogP contribution in [0.2, 0.25) is 0 Å². The molecule has 0 saturated carbocycles. The summed E-state index contributed by atoms with van der Waals surface area (Å²) in [5.74, 6) is 0.836. The molecule has 2 nitrogen and oxygen atoms in total. The van der Waals surface area contributed by atoms with E-state index in [-0.39, 0.29) is 0 Å². The maximum Gasteiger partial charge on any atom is 0.0167 e. The van der Waals surface area contributed by atoms with Crippen molar-refractivity contribution in [3.05, 3.63) is 53.6 Å². The predicted octanol–water partition coefficient (Wildman–Crippen LogP) is 5.09. The SMILES string of the molecule is CC(C)=CCCC(C)CCN1CCN(CC=Cc2ccccc2)CC1. The van der Waals surface area contributed by atoms with E-state index in [1.165, 1.54) is 63.1 Å². The van der Waals surface area contributed by atoms with Crippen LogP contribution >= 0.6 is 0 Å². The van der Waals surface area contributed by atoms with Gasteiger partial charge in [0.15, 0.2) is 0 Å². The molecule has 0 spiro atoms. The van der Waals surface area contributed by atoms with Gasteiger partial charge in [0.1, 0.15) is 0 Å². The quantitative estimate of drug-likeness (QED) is 0.578. The second kappa shape index (κ2) is 11.3. The molecule has 1 aromatic rings. The van der Waals surface area contributed by atoms with E-state index in [1.807, 2.05) is 0 Å². The average molecular weight is 341 g/mol. The van der Waals surface area contributed by atoms with Crippen molar-refractivity contribution in [3.8, 4) is 0 Å². The Morgan fingerprint density at radius 3 is 2.36 bits per heavy atom. The van der Waals surface area contributed by atoms with Gasteiger partial charge in [0, 0.05) is 32.7 Å². The lowest BCUT2D eigenvalue weighted by molar-refractivity contribution is 0.136. The summed E-state index contributed by atoms with van der Waals surface area (Å²) in [4.78, 5) is 5.21. The molecular formula is C23H36N2. The molecule has 1 aliphatic rings. The molecule has 1 heterocycles. The summed E-state index contributed by atoms with van der Waals surface area (Å²) in [5.41, 5.74) is 2.74. The van der Waals surface area contributed by atoms with Gasteiger partial charge in [-0.25, -0.2) is 0 Å². The zero-order valence-corrected chi connectivity index (χ0v) is 16.5. The number of piperazine rings is 1. The van der Waals surface area contributed by atoms with Crippen molar-refractivity contribution in [2.75, 3.05) is 39.3 Å². The number of hydrogen-bond acceptors (Lipinski definition) is 2. The van der Waals surface area contributed by atoms with Gasteiger partial charge >= 0.3 is 0 Å². The van der Waals surface area contributed by atoms with Gasteiger partial charge in [-0.2, -0.15) is 0 Å². The minimum absolute atomic E-state index is 0.836. The fraction of sp³-hybridized carbons (Fsp3) is 0.565. The molecule has 2 rings (SSSR count). The molecule has 1 fully saturated rings. The van der Waals surface area contributed by atoms with Gasteiger partial charge in [0.05, 0.1) is 0 Å². The van der Waals surface area contributed by atoms with E-state index in [9.17, 15) is 0 Å². The predicted molar refractivity (Wildman–Crippen MR) is 111 cm³/mol. The molecule has 138 valence electrons. The van der Waals surface area contributed by atoms with Crippen LogP contribution in [-0.2, 0) is 0 Å². The van der Waals surface area contributed by atoms with Crippen LogP contribution in [0.15, 0.2) is 48.1 Å². The van der Waals surface area contributed by atoms with Crippen molar-refractivity contribution < 1.29 is 0 Å². The Balaban J connectivity index is 1.58. The second-order valence-electron chi connectivity index (χ2n) is 7.71. The summed E-state index contributed by atoms with van der Waals surface area (Å²) < 4.78 is 0. The summed E-state index contributed by atoms with van der Waals surface area (Å²) in [5, 5.41) is 0. The first-order valence-electron chi connectivity index (χ1n) is 9.93. The zero-order chi connectivity index (χ0) is 17.9. The highest BCUT2D eigenvalue weighted by Gasteiger charge is 2.16. The lowest BCUT2D eigenvalue weighted by atomic mass is 10.0. The number of rotatable bonds is 9. The van der Waals surface area contributed by atoms with E-state index in [0.29, 0.717) is 0 Å². The third-order valence-corrected chi connectivity index (χ3v) is 5.09. The Labute approximate surface area is 155 Å². The molecule has 0 radical (unpaired) electrons. The first-order chi connectivity index (χ1) is 12.1. The zero-order valence-electron chi connectivity index (χ0n) is 16.5. The largest absolute Gasteiger partial charge is 0.301 e. The molecule has 1 atom stereocenters. The Morgan fingerprint density at radius 1 is 1.00 bits per heavy atom. The van der Waals surface area contributed by atoms with Gasteiger partial charge in [-0.1, -0.05) is 61.1 Å². The molecule has 1 aromatic carbocycles. The second-order valence-corrected chi connectivity index (χ2v) is 7.71. The third-order valence-electron chi connectivity index (χ3n) is 5.09. The van der Waals surface area contributed by atoms with Crippen LogP contribution in [0.4, 0.5) is 0 Å². The van der Waals surface area contributed by atoms with Crippen molar-refractivity contribution in [1.82, 2.24) is 9.80 Å². The maximum absolute atomic E-state index is 2.65. The van der Waals surface area contributed by atoms with Gasteiger partial charge in [-0.3, -0.25) is 4.90 Å². The van der Waals surface area contributed by atoms with E-state index >= 15 is 0 Å². The van der Waals surface area contributed by atoms with Crippen LogP contribution in [-0.4, -0.2) is 49.1 Å². The number of nitrogens with zero attached hydrogens (tertiary/aromatic N) is 2. The van der Waals surface area contributed by atoms with Crippen LogP contribution in [0.3, 0.4) is 0 Å². The lowest BCUT2D eigenvalue weighted by Crippen LogP contribution is -2.46. The fourth-order valence-corrected chi connectivity index (χ4v) is 3.30. The summed E-state index contributed by atoms with van der Waals surface area (Å²) in [6.07, 6.45) is 10.8. The molecule has 1 aliphatic heterocycles. The molecule has 1 unspecified atom stereocenters. The van der Waals surface area contributed by atoms with Crippen molar-refractivity contribution in [3.63, 3.8) is 0 Å². The van der Waals surface area contributed by atoms with Gasteiger partial charge in [0.2, 0.25) is 0 Å². The minimum Gasteiger partial charge on any atom is -0.301 e. The molecule has 25 heavy (non-hydrogen) atoms. The molecule has 0 aromatic heterocycles. The molecule has 0 amide bonds. The molecule has 1 saturated heterocycles. The summed E-state index contributed by atoms with van der Waals surface area (Å²) in [6.45, 7) is 14.0.